The molecule has 0 spiro atoms. The molecule has 3 heteroatoms. The van der Waals surface area contributed by atoms with Crippen LogP contribution in [0.4, 0.5) is 0 Å². The minimum absolute atomic E-state index is 0.0433. The Morgan fingerprint density at radius 1 is 1.10 bits per heavy atom. The van der Waals surface area contributed by atoms with Gasteiger partial charge in [0, 0.05) is 25.8 Å². The monoisotopic (exact) mass is 305 g/mol. The van der Waals surface area contributed by atoms with E-state index in [9.17, 15) is 0 Å². The third-order valence-corrected chi connectivity index (χ3v) is 2.90. The first-order valence-corrected chi connectivity index (χ1v) is 8.77. The third-order valence-electron chi connectivity index (χ3n) is 2.90. The summed E-state index contributed by atoms with van der Waals surface area (Å²) < 4.78 is 5.87. The summed E-state index contributed by atoms with van der Waals surface area (Å²) in [6, 6.07) is 0.581. The average molecular weight is 306 g/mol. The third kappa shape index (κ3) is 25.2. The van der Waals surface area contributed by atoms with Crippen molar-refractivity contribution in [2.24, 2.45) is 5.92 Å². The predicted octanol–water partition coefficient (Wildman–Crippen LogP) is 4.63. The summed E-state index contributed by atoms with van der Waals surface area (Å²) in [6.07, 6.45) is 3.19. The molecule has 132 valence electrons. The number of aliphatic hydroxyl groups excluding tert-OH is 1. The van der Waals surface area contributed by atoms with Gasteiger partial charge in [-0.05, 0) is 46.0 Å². The van der Waals surface area contributed by atoms with Crippen molar-refractivity contribution < 1.29 is 9.84 Å². The highest BCUT2D eigenvalue weighted by Gasteiger charge is 2.18. The van der Waals surface area contributed by atoms with Crippen molar-refractivity contribution in [3.63, 3.8) is 0 Å². The zero-order valence-electron chi connectivity index (χ0n) is 16.3. The van der Waals surface area contributed by atoms with Crippen molar-refractivity contribution in [1.29, 1.82) is 0 Å². The molecule has 0 heterocycles. The van der Waals surface area contributed by atoms with Crippen LogP contribution in [0.1, 0.15) is 81.6 Å². The maximum Gasteiger partial charge on any atom is 0.0750 e. The normalized spacial score (nSPS) is 12.1. The predicted molar refractivity (Wildman–Crippen MR) is 96.0 cm³/mol. The summed E-state index contributed by atoms with van der Waals surface area (Å²) in [6.45, 7) is 21.2. The summed E-state index contributed by atoms with van der Waals surface area (Å²) >= 11 is 0. The fourth-order valence-corrected chi connectivity index (χ4v) is 1.19. The number of rotatable bonds is 9. The van der Waals surface area contributed by atoms with E-state index >= 15 is 0 Å². The highest BCUT2D eigenvalue weighted by atomic mass is 16.5. The Kier molecular flexibility index (Phi) is 22.0. The Morgan fingerprint density at radius 3 is 1.90 bits per heavy atom. The minimum Gasteiger partial charge on any atom is -0.396 e. The van der Waals surface area contributed by atoms with Gasteiger partial charge < -0.3 is 15.2 Å². The lowest BCUT2D eigenvalue weighted by atomic mass is 10.1. The van der Waals surface area contributed by atoms with E-state index in [1.54, 1.807) is 0 Å². The average Bonchev–Trinajstić information content (AvgIpc) is 2.46. The lowest BCUT2D eigenvalue weighted by Gasteiger charge is -2.28. The van der Waals surface area contributed by atoms with E-state index < -0.39 is 0 Å². The second kappa shape index (κ2) is 17.9. The molecule has 0 amide bonds. The summed E-state index contributed by atoms with van der Waals surface area (Å²) in [5.74, 6) is 0.725. The van der Waals surface area contributed by atoms with Crippen LogP contribution in [-0.4, -0.2) is 36.5 Å². The van der Waals surface area contributed by atoms with Gasteiger partial charge in [-0.25, -0.2) is 0 Å². The molecule has 1 unspecified atom stereocenters. The second-order valence-electron chi connectivity index (χ2n) is 6.20. The number of aliphatic hydroxyl groups is 1. The molecule has 0 aliphatic rings. The standard InChI is InChI=1S/C13H29NO.C3H8O.C2H6/c1-7-12(4)14-10-13(5,6)15-9-8-11(2)3;1-2-3-4;1-2/h11-12,14H,7-10H2,1-6H3;4H,2-3H2,1H3;1-2H3. The first-order valence-electron chi connectivity index (χ1n) is 8.77. The van der Waals surface area contributed by atoms with Crippen molar-refractivity contribution in [3.05, 3.63) is 0 Å². The molecule has 0 fully saturated rings. The van der Waals surface area contributed by atoms with Gasteiger partial charge >= 0.3 is 0 Å². The largest absolute Gasteiger partial charge is 0.396 e. The van der Waals surface area contributed by atoms with E-state index in [0.29, 0.717) is 12.6 Å². The highest BCUT2D eigenvalue weighted by Crippen LogP contribution is 2.10. The van der Waals surface area contributed by atoms with E-state index in [0.717, 1.165) is 31.9 Å². The maximum absolute atomic E-state index is 7.88. The molecular weight excluding hydrogens is 262 g/mol. The van der Waals surface area contributed by atoms with E-state index in [-0.39, 0.29) is 5.60 Å². The lowest BCUT2D eigenvalue weighted by molar-refractivity contribution is -0.0221. The molecule has 0 aliphatic carbocycles. The van der Waals surface area contributed by atoms with Crippen molar-refractivity contribution in [2.75, 3.05) is 19.8 Å². The molecule has 0 saturated carbocycles. The molecule has 0 aromatic carbocycles. The molecule has 0 aromatic rings. The molecule has 0 aromatic heterocycles. The van der Waals surface area contributed by atoms with E-state index in [4.69, 9.17) is 9.84 Å². The molecule has 2 N–H and O–H groups in total. The highest BCUT2D eigenvalue weighted by molar-refractivity contribution is 4.74. The van der Waals surface area contributed by atoms with Crippen LogP contribution in [0.2, 0.25) is 0 Å². The number of hydrogen-bond acceptors (Lipinski definition) is 3. The summed E-state index contributed by atoms with van der Waals surface area (Å²) in [7, 11) is 0. The molecular formula is C18H43NO2. The molecule has 0 saturated heterocycles. The fraction of sp³-hybridized carbons (Fsp3) is 1.00. The van der Waals surface area contributed by atoms with Gasteiger partial charge in [-0.15, -0.1) is 0 Å². The van der Waals surface area contributed by atoms with Gasteiger partial charge in [-0.1, -0.05) is 41.5 Å². The van der Waals surface area contributed by atoms with Crippen LogP contribution in [0, 0.1) is 5.92 Å². The Labute approximate surface area is 134 Å². The van der Waals surface area contributed by atoms with Gasteiger partial charge in [0.05, 0.1) is 5.60 Å². The van der Waals surface area contributed by atoms with Crippen LogP contribution in [-0.2, 0) is 4.74 Å². The zero-order valence-corrected chi connectivity index (χ0v) is 16.3. The van der Waals surface area contributed by atoms with Gasteiger partial charge in [-0.2, -0.15) is 0 Å². The minimum atomic E-state index is -0.0433. The quantitative estimate of drug-likeness (QED) is 0.652. The van der Waals surface area contributed by atoms with Crippen LogP contribution in [0.25, 0.3) is 0 Å². The van der Waals surface area contributed by atoms with E-state index in [1.807, 2.05) is 20.8 Å². The number of hydrogen-bond donors (Lipinski definition) is 2. The van der Waals surface area contributed by atoms with E-state index in [1.165, 1.54) is 6.42 Å². The number of nitrogens with one attached hydrogen (secondary N) is 1. The molecule has 1 atom stereocenters. The number of ether oxygens (including phenoxy) is 1. The van der Waals surface area contributed by atoms with Crippen LogP contribution >= 0.6 is 0 Å². The van der Waals surface area contributed by atoms with Crippen molar-refractivity contribution in [2.45, 2.75) is 93.2 Å². The van der Waals surface area contributed by atoms with Crippen LogP contribution in [0.15, 0.2) is 0 Å². The summed E-state index contributed by atoms with van der Waals surface area (Å²) in [5.41, 5.74) is -0.0433. The summed E-state index contributed by atoms with van der Waals surface area (Å²) in [4.78, 5) is 0. The van der Waals surface area contributed by atoms with Crippen LogP contribution in [0.3, 0.4) is 0 Å². The van der Waals surface area contributed by atoms with Crippen LogP contribution in [0.5, 0.6) is 0 Å². The first-order chi connectivity index (χ1) is 9.79. The SMILES string of the molecule is CC.CCC(C)NCC(C)(C)OCCC(C)C.CCCO. The zero-order chi connectivity index (χ0) is 17.3. The Balaban J connectivity index is -0.000000461. The smallest absolute Gasteiger partial charge is 0.0750 e. The first kappa shape index (κ1) is 25.8. The molecule has 0 radical (unpaired) electrons. The van der Waals surface area contributed by atoms with Gasteiger partial charge in [0.2, 0.25) is 0 Å². The molecule has 21 heavy (non-hydrogen) atoms. The second-order valence-corrected chi connectivity index (χ2v) is 6.20. The Hall–Kier alpha value is -0.120. The topological polar surface area (TPSA) is 41.5 Å². The lowest BCUT2D eigenvalue weighted by Crippen LogP contribution is -2.41. The van der Waals surface area contributed by atoms with Crippen molar-refractivity contribution >= 4 is 0 Å². The molecule has 0 rings (SSSR count). The molecule has 0 bridgehead atoms. The fourth-order valence-electron chi connectivity index (χ4n) is 1.19. The Morgan fingerprint density at radius 2 is 1.57 bits per heavy atom. The maximum atomic E-state index is 7.88. The van der Waals surface area contributed by atoms with Crippen LogP contribution < -0.4 is 5.32 Å². The van der Waals surface area contributed by atoms with Crippen molar-refractivity contribution in [1.82, 2.24) is 5.32 Å². The van der Waals surface area contributed by atoms with Crippen molar-refractivity contribution in [3.8, 4) is 0 Å². The van der Waals surface area contributed by atoms with E-state index in [2.05, 4.69) is 46.9 Å². The molecule has 3 nitrogen and oxygen atoms in total. The van der Waals surface area contributed by atoms with Gasteiger partial charge in [0.1, 0.15) is 0 Å². The summed E-state index contributed by atoms with van der Waals surface area (Å²) in [5, 5.41) is 11.4. The molecule has 0 aliphatic heterocycles. The van der Waals surface area contributed by atoms with Gasteiger partial charge in [-0.3, -0.25) is 0 Å². The van der Waals surface area contributed by atoms with Gasteiger partial charge in [0.15, 0.2) is 0 Å². The Bertz CT molecular complexity index is 180. The van der Waals surface area contributed by atoms with Gasteiger partial charge in [0.25, 0.3) is 0 Å².